The van der Waals surface area contributed by atoms with Crippen molar-refractivity contribution in [3.05, 3.63) is 30.1 Å². The van der Waals surface area contributed by atoms with Crippen molar-refractivity contribution in [2.45, 2.75) is 64.2 Å². The summed E-state index contributed by atoms with van der Waals surface area (Å²) in [6.07, 6.45) is 3.46. The van der Waals surface area contributed by atoms with Crippen LogP contribution in [0.1, 0.15) is 39.8 Å². The fraction of sp³-hybridized carbons (Fsp3) is 0.688. The molecule has 1 atom stereocenters. The van der Waals surface area contributed by atoms with Gasteiger partial charge in [-0.25, -0.2) is 0 Å². The van der Waals surface area contributed by atoms with E-state index in [0.717, 1.165) is 25.1 Å². The smallest absolute Gasteiger partial charge is 0.191 e. The number of nitrogens with zero attached hydrogens (tertiary/aromatic N) is 1. The maximum Gasteiger partial charge on any atom is 0.191 e. The maximum atomic E-state index is 6.38. The number of hydrogen-bond donors (Lipinski definition) is 1. The molecule has 3 nitrogen and oxygen atoms in total. The lowest BCUT2D eigenvalue weighted by Gasteiger charge is -2.37. The number of rotatable bonds is 6. The van der Waals surface area contributed by atoms with Gasteiger partial charge < -0.3 is 10.2 Å². The molecule has 1 aromatic rings. The predicted molar refractivity (Wildman–Crippen MR) is 88.3 cm³/mol. The third-order valence-electron chi connectivity index (χ3n) is 4.25. The lowest BCUT2D eigenvalue weighted by molar-refractivity contribution is 0.244. The summed E-state index contributed by atoms with van der Waals surface area (Å²) in [5.41, 5.74) is 7.16. The van der Waals surface area contributed by atoms with Crippen LogP contribution in [0.2, 0.25) is 18.1 Å². The zero-order chi connectivity index (χ0) is 15.4. The second kappa shape index (κ2) is 6.37. The second-order valence-corrected chi connectivity index (χ2v) is 12.3. The number of hydrogen-bond acceptors (Lipinski definition) is 3. The highest BCUT2D eigenvalue weighted by Crippen LogP contribution is 2.36. The molecule has 0 unspecified atom stereocenters. The molecule has 114 valence electrons. The van der Waals surface area contributed by atoms with E-state index in [4.69, 9.17) is 10.2 Å². The van der Waals surface area contributed by atoms with Crippen molar-refractivity contribution in [3.63, 3.8) is 0 Å². The van der Waals surface area contributed by atoms with E-state index in [0.29, 0.717) is 0 Å². The molecule has 1 heterocycles. The van der Waals surface area contributed by atoms with Gasteiger partial charge in [0.25, 0.3) is 0 Å². The average Bonchev–Trinajstić information content (AvgIpc) is 2.27. The zero-order valence-corrected chi connectivity index (χ0v) is 14.9. The van der Waals surface area contributed by atoms with Crippen LogP contribution in [0.5, 0.6) is 0 Å². The minimum absolute atomic E-state index is 0.249. The van der Waals surface area contributed by atoms with Crippen molar-refractivity contribution < 1.29 is 4.43 Å². The molecule has 0 radical (unpaired) electrons. The monoisotopic (exact) mass is 294 g/mol. The first kappa shape index (κ1) is 17.3. The van der Waals surface area contributed by atoms with E-state index in [9.17, 15) is 0 Å². The van der Waals surface area contributed by atoms with E-state index < -0.39 is 8.32 Å². The van der Waals surface area contributed by atoms with Gasteiger partial charge in [0.2, 0.25) is 0 Å². The molecule has 0 aliphatic carbocycles. The summed E-state index contributed by atoms with van der Waals surface area (Å²) in [5, 5.41) is 0.249. The van der Waals surface area contributed by atoms with Crippen LogP contribution in [-0.4, -0.2) is 25.4 Å². The Labute approximate surface area is 125 Å². The Bertz CT molecular complexity index is 410. The molecule has 0 aromatic carbocycles. The molecule has 2 N–H and O–H groups in total. The molecule has 0 amide bonds. The largest absolute Gasteiger partial charge is 0.417 e. The van der Waals surface area contributed by atoms with E-state index in [1.807, 2.05) is 24.4 Å². The fourth-order valence-electron chi connectivity index (χ4n) is 1.76. The highest BCUT2D eigenvalue weighted by molar-refractivity contribution is 6.74. The van der Waals surface area contributed by atoms with Gasteiger partial charge in [0.1, 0.15) is 0 Å². The molecular weight excluding hydrogens is 264 g/mol. The van der Waals surface area contributed by atoms with Gasteiger partial charge in [0.05, 0.1) is 0 Å². The molecule has 1 aromatic heterocycles. The molecular formula is C16H30N2OSi. The van der Waals surface area contributed by atoms with Gasteiger partial charge in [-0.3, -0.25) is 4.98 Å². The van der Waals surface area contributed by atoms with Gasteiger partial charge in [-0.15, -0.1) is 0 Å². The normalized spacial score (nSPS) is 15.9. The van der Waals surface area contributed by atoms with E-state index in [-0.39, 0.29) is 10.6 Å². The van der Waals surface area contributed by atoms with Crippen LogP contribution in [0.15, 0.2) is 24.4 Å². The zero-order valence-electron chi connectivity index (χ0n) is 13.9. The number of pyridine rings is 1. The van der Waals surface area contributed by atoms with E-state index in [2.05, 4.69) is 45.8 Å². The van der Waals surface area contributed by atoms with E-state index >= 15 is 0 Å². The molecule has 0 saturated carbocycles. The molecule has 0 aliphatic heterocycles. The summed E-state index contributed by atoms with van der Waals surface area (Å²) < 4.78 is 6.21. The fourth-order valence-corrected chi connectivity index (χ4v) is 2.81. The molecule has 0 saturated heterocycles. The highest BCUT2D eigenvalue weighted by Gasteiger charge is 2.37. The Morgan fingerprint density at radius 3 is 2.35 bits per heavy atom. The van der Waals surface area contributed by atoms with Gasteiger partial charge in [0.15, 0.2) is 8.32 Å². The lowest BCUT2D eigenvalue weighted by atomic mass is 9.93. The van der Waals surface area contributed by atoms with Gasteiger partial charge >= 0.3 is 0 Å². The van der Waals surface area contributed by atoms with Gasteiger partial charge in [-0.05, 0) is 43.6 Å². The van der Waals surface area contributed by atoms with Crippen LogP contribution in [0.25, 0.3) is 0 Å². The summed E-state index contributed by atoms with van der Waals surface area (Å²) in [7, 11) is -1.67. The van der Waals surface area contributed by atoms with Crippen LogP contribution in [0.4, 0.5) is 0 Å². The summed E-state index contributed by atoms with van der Waals surface area (Å²) in [5.74, 6) is 0. The third-order valence-corrected chi connectivity index (χ3v) is 8.79. The summed E-state index contributed by atoms with van der Waals surface area (Å²) >= 11 is 0. The van der Waals surface area contributed by atoms with Crippen molar-refractivity contribution >= 4 is 8.32 Å². The summed E-state index contributed by atoms with van der Waals surface area (Å²) in [6, 6.07) is 5.96. The Balaban J connectivity index is 2.48. The summed E-state index contributed by atoms with van der Waals surface area (Å²) in [6.45, 7) is 14.1. The Hall–Kier alpha value is -0.713. The number of nitrogens with two attached hydrogens (primary N) is 1. The molecule has 0 spiro atoms. The first-order valence-electron chi connectivity index (χ1n) is 7.36. The van der Waals surface area contributed by atoms with Gasteiger partial charge in [0, 0.05) is 30.5 Å². The van der Waals surface area contributed by atoms with Crippen molar-refractivity contribution in [2.24, 2.45) is 5.73 Å². The average molecular weight is 295 g/mol. The minimum atomic E-state index is -1.67. The second-order valence-electron chi connectivity index (χ2n) is 7.51. The van der Waals surface area contributed by atoms with Crippen LogP contribution in [-0.2, 0) is 10.8 Å². The predicted octanol–water partition coefficient (Wildman–Crippen LogP) is 3.75. The van der Waals surface area contributed by atoms with Crippen LogP contribution in [0, 0.1) is 0 Å². The molecule has 1 rings (SSSR count). The standard InChI is InChI=1S/C16H30N2OSi/c1-15(2,3)20(5,6)19-12-10-16(4,17)13-14-9-7-8-11-18-14/h7-9,11H,10,12-13,17H2,1-6H3/t16-/m0/s1. The molecule has 0 aliphatic rings. The minimum Gasteiger partial charge on any atom is -0.417 e. The molecule has 4 heteroatoms. The van der Waals surface area contributed by atoms with Gasteiger partial charge in [-0.2, -0.15) is 0 Å². The SMILES string of the molecule is CC(C)(C)[Si](C)(C)OCC[C@](C)(N)Cc1ccccn1. The first-order valence-corrected chi connectivity index (χ1v) is 10.3. The molecule has 20 heavy (non-hydrogen) atoms. The molecule has 0 bridgehead atoms. The Morgan fingerprint density at radius 2 is 1.85 bits per heavy atom. The van der Waals surface area contributed by atoms with Crippen molar-refractivity contribution in [1.82, 2.24) is 4.98 Å². The van der Waals surface area contributed by atoms with Crippen LogP contribution < -0.4 is 5.73 Å². The van der Waals surface area contributed by atoms with Crippen molar-refractivity contribution in [3.8, 4) is 0 Å². The lowest BCUT2D eigenvalue weighted by Crippen LogP contribution is -2.44. The quantitative estimate of drug-likeness (QED) is 0.813. The van der Waals surface area contributed by atoms with Crippen LogP contribution >= 0.6 is 0 Å². The number of aromatic nitrogens is 1. The first-order chi connectivity index (χ1) is 9.04. The summed E-state index contributed by atoms with van der Waals surface area (Å²) in [4.78, 5) is 4.35. The maximum absolute atomic E-state index is 6.38. The van der Waals surface area contributed by atoms with Crippen molar-refractivity contribution in [1.29, 1.82) is 0 Å². The Morgan fingerprint density at radius 1 is 1.20 bits per heavy atom. The topological polar surface area (TPSA) is 48.1 Å². The van der Waals surface area contributed by atoms with E-state index in [1.165, 1.54) is 0 Å². The Kier molecular flexibility index (Phi) is 5.52. The molecule has 0 fully saturated rings. The third kappa shape index (κ3) is 5.35. The van der Waals surface area contributed by atoms with Crippen molar-refractivity contribution in [2.75, 3.05) is 6.61 Å². The van der Waals surface area contributed by atoms with Gasteiger partial charge in [-0.1, -0.05) is 26.8 Å². The van der Waals surface area contributed by atoms with E-state index in [1.54, 1.807) is 0 Å². The van der Waals surface area contributed by atoms with Crippen LogP contribution in [0.3, 0.4) is 0 Å². The highest BCUT2D eigenvalue weighted by atomic mass is 28.4.